The molecule has 0 aliphatic carbocycles. The minimum absolute atomic E-state index is 0.0375. The molecule has 0 radical (unpaired) electrons. The first kappa shape index (κ1) is 17.1. The molecule has 3 rings (SSSR count). The highest BCUT2D eigenvalue weighted by atomic mass is 32.1. The van der Waals surface area contributed by atoms with Crippen LogP contribution in [-0.2, 0) is 13.0 Å². The summed E-state index contributed by atoms with van der Waals surface area (Å²) >= 11 is 1.19. The molecule has 0 N–H and O–H groups in total. The van der Waals surface area contributed by atoms with Gasteiger partial charge in [-0.25, -0.2) is 0 Å². The van der Waals surface area contributed by atoms with E-state index in [1.165, 1.54) is 11.7 Å². The summed E-state index contributed by atoms with van der Waals surface area (Å²) in [5, 5.41) is 0. The zero-order valence-corrected chi connectivity index (χ0v) is 15.0. The monoisotopic (exact) mass is 353 g/mol. The van der Waals surface area contributed by atoms with Crippen molar-refractivity contribution in [2.45, 2.75) is 13.0 Å². The van der Waals surface area contributed by atoms with E-state index in [0.29, 0.717) is 18.5 Å². The number of ether oxygens (including phenoxy) is 1. The minimum Gasteiger partial charge on any atom is -0.496 e. The Balaban J connectivity index is 1.79. The van der Waals surface area contributed by atoms with Gasteiger partial charge in [0.25, 0.3) is 5.91 Å². The topological polar surface area (TPSA) is 55.3 Å². The molecule has 0 atom stereocenters. The quantitative estimate of drug-likeness (QED) is 0.634. The second kappa shape index (κ2) is 7.44. The highest BCUT2D eigenvalue weighted by molar-refractivity contribution is 7.00. The molecule has 0 saturated carbocycles. The summed E-state index contributed by atoms with van der Waals surface area (Å²) in [5.74, 6) is 0.727. The number of methoxy groups -OCH3 is 1. The first-order valence-electron chi connectivity index (χ1n) is 7.87. The summed E-state index contributed by atoms with van der Waals surface area (Å²) in [6.45, 7) is 4.27. The van der Waals surface area contributed by atoms with Gasteiger partial charge in [0.05, 0.1) is 18.8 Å². The fourth-order valence-corrected chi connectivity index (χ4v) is 3.24. The van der Waals surface area contributed by atoms with Crippen LogP contribution in [0.1, 0.15) is 21.5 Å². The van der Waals surface area contributed by atoms with Gasteiger partial charge in [-0.05, 0) is 47.9 Å². The summed E-state index contributed by atoms with van der Waals surface area (Å²) in [4.78, 5) is 14.4. The Morgan fingerprint density at radius 3 is 2.80 bits per heavy atom. The molecular formula is C19H19N3O2S. The average molecular weight is 353 g/mol. The summed E-state index contributed by atoms with van der Waals surface area (Å²) in [7, 11) is 3.42. The molecule has 0 saturated heterocycles. The number of amides is 1. The maximum Gasteiger partial charge on any atom is 0.253 e. The van der Waals surface area contributed by atoms with Crippen LogP contribution in [0.15, 0.2) is 49.1 Å². The van der Waals surface area contributed by atoms with Crippen LogP contribution in [0.3, 0.4) is 0 Å². The largest absolute Gasteiger partial charge is 0.496 e. The number of rotatable bonds is 6. The van der Waals surface area contributed by atoms with Crippen molar-refractivity contribution in [1.82, 2.24) is 13.6 Å². The molecule has 3 aromatic rings. The van der Waals surface area contributed by atoms with Crippen molar-refractivity contribution in [1.29, 1.82) is 0 Å². The first-order valence-corrected chi connectivity index (χ1v) is 8.60. The van der Waals surface area contributed by atoms with Crippen LogP contribution in [-0.4, -0.2) is 33.7 Å². The zero-order valence-electron chi connectivity index (χ0n) is 14.2. The maximum atomic E-state index is 12.8. The Morgan fingerprint density at radius 1 is 1.24 bits per heavy atom. The van der Waals surface area contributed by atoms with Crippen LogP contribution in [0, 0.1) is 0 Å². The molecule has 6 heteroatoms. The van der Waals surface area contributed by atoms with Crippen LogP contribution in [0.2, 0.25) is 0 Å². The number of allylic oxidation sites excluding steroid dienone is 1. The predicted molar refractivity (Wildman–Crippen MR) is 100 cm³/mol. The van der Waals surface area contributed by atoms with Crippen molar-refractivity contribution in [2.75, 3.05) is 14.2 Å². The van der Waals surface area contributed by atoms with Crippen molar-refractivity contribution >= 4 is 28.7 Å². The lowest BCUT2D eigenvalue weighted by molar-refractivity contribution is 0.0785. The predicted octanol–water partition coefficient (Wildman–Crippen LogP) is 3.70. The van der Waals surface area contributed by atoms with E-state index in [0.717, 1.165) is 27.9 Å². The van der Waals surface area contributed by atoms with Gasteiger partial charge < -0.3 is 9.64 Å². The lowest BCUT2D eigenvalue weighted by Crippen LogP contribution is -2.26. The number of carbonyl (C=O) groups is 1. The molecule has 25 heavy (non-hydrogen) atoms. The van der Waals surface area contributed by atoms with Crippen LogP contribution < -0.4 is 4.74 Å². The van der Waals surface area contributed by atoms with Gasteiger partial charge in [-0.15, -0.1) is 6.58 Å². The van der Waals surface area contributed by atoms with E-state index in [1.54, 1.807) is 31.2 Å². The normalized spacial score (nSPS) is 10.6. The molecule has 0 unspecified atom stereocenters. The van der Waals surface area contributed by atoms with E-state index in [1.807, 2.05) is 30.3 Å². The number of hydrogen-bond acceptors (Lipinski definition) is 5. The lowest BCUT2D eigenvalue weighted by Gasteiger charge is -2.18. The van der Waals surface area contributed by atoms with Crippen molar-refractivity contribution in [3.63, 3.8) is 0 Å². The number of benzene rings is 2. The Labute approximate surface area is 150 Å². The molecule has 1 amide bonds. The van der Waals surface area contributed by atoms with E-state index in [-0.39, 0.29) is 5.91 Å². The number of nitrogens with zero attached hydrogens (tertiary/aromatic N) is 3. The van der Waals surface area contributed by atoms with Crippen molar-refractivity contribution in [3.05, 3.63) is 65.7 Å². The summed E-state index contributed by atoms with van der Waals surface area (Å²) < 4.78 is 13.8. The van der Waals surface area contributed by atoms with E-state index >= 15 is 0 Å². The van der Waals surface area contributed by atoms with Gasteiger partial charge in [-0.3, -0.25) is 4.79 Å². The highest BCUT2D eigenvalue weighted by Gasteiger charge is 2.15. The van der Waals surface area contributed by atoms with Gasteiger partial charge in [0.15, 0.2) is 0 Å². The van der Waals surface area contributed by atoms with Crippen molar-refractivity contribution in [3.8, 4) is 5.75 Å². The Morgan fingerprint density at radius 2 is 2.04 bits per heavy atom. The molecule has 0 aliphatic rings. The fraction of sp³-hybridized carbons (Fsp3) is 0.211. The highest BCUT2D eigenvalue weighted by Crippen LogP contribution is 2.22. The second-order valence-electron chi connectivity index (χ2n) is 5.77. The van der Waals surface area contributed by atoms with Gasteiger partial charge in [-0.1, -0.05) is 12.1 Å². The molecule has 0 bridgehead atoms. The summed E-state index contributed by atoms with van der Waals surface area (Å²) in [5.41, 5.74) is 4.35. The molecule has 128 valence electrons. The van der Waals surface area contributed by atoms with Gasteiger partial charge in [0.2, 0.25) is 0 Å². The molecule has 0 aliphatic heterocycles. The minimum atomic E-state index is -0.0375. The van der Waals surface area contributed by atoms with E-state index in [9.17, 15) is 4.79 Å². The second-order valence-corrected chi connectivity index (χ2v) is 6.30. The Hall–Kier alpha value is -2.73. The average Bonchev–Trinajstić information content (AvgIpc) is 3.09. The molecule has 1 aromatic heterocycles. The number of aromatic nitrogens is 2. The van der Waals surface area contributed by atoms with Crippen LogP contribution in [0.4, 0.5) is 0 Å². The summed E-state index contributed by atoms with van der Waals surface area (Å²) in [6.07, 6.45) is 2.45. The molecular weight excluding hydrogens is 334 g/mol. The first-order chi connectivity index (χ1) is 12.1. The Bertz CT molecular complexity index is 920. The summed E-state index contributed by atoms with van der Waals surface area (Å²) in [6, 6.07) is 11.4. The third-order valence-electron chi connectivity index (χ3n) is 3.98. The third kappa shape index (κ3) is 3.69. The molecule has 0 fully saturated rings. The van der Waals surface area contributed by atoms with Gasteiger partial charge in [-0.2, -0.15) is 8.75 Å². The molecule has 5 nitrogen and oxygen atoms in total. The van der Waals surface area contributed by atoms with Gasteiger partial charge in [0.1, 0.15) is 16.8 Å². The van der Waals surface area contributed by atoms with E-state index in [2.05, 4.69) is 15.3 Å². The van der Waals surface area contributed by atoms with Crippen molar-refractivity contribution in [2.24, 2.45) is 0 Å². The molecule has 1 heterocycles. The smallest absolute Gasteiger partial charge is 0.253 e. The maximum absolute atomic E-state index is 12.8. The third-order valence-corrected chi connectivity index (χ3v) is 4.53. The van der Waals surface area contributed by atoms with Crippen LogP contribution in [0.5, 0.6) is 5.75 Å². The number of fused-ring (bicyclic) bond motifs is 1. The number of hydrogen-bond donors (Lipinski definition) is 0. The molecule has 0 spiro atoms. The molecule has 2 aromatic carbocycles. The van der Waals surface area contributed by atoms with Gasteiger partial charge >= 0.3 is 0 Å². The standard InChI is InChI=1S/C19H19N3O2S/c1-4-5-14-11-15(7-9-18(14)24-3)19(23)22(2)12-13-6-8-16-17(10-13)21-25-20-16/h4,6-11H,1,5,12H2,2-3H3. The van der Waals surface area contributed by atoms with E-state index < -0.39 is 0 Å². The fourth-order valence-electron chi connectivity index (χ4n) is 2.72. The lowest BCUT2D eigenvalue weighted by atomic mass is 10.1. The van der Waals surface area contributed by atoms with Crippen LogP contribution in [0.25, 0.3) is 11.0 Å². The van der Waals surface area contributed by atoms with E-state index in [4.69, 9.17) is 4.74 Å². The number of carbonyl (C=O) groups excluding carboxylic acids is 1. The van der Waals surface area contributed by atoms with Crippen molar-refractivity contribution < 1.29 is 9.53 Å². The van der Waals surface area contributed by atoms with Crippen LogP contribution >= 0.6 is 11.7 Å². The SMILES string of the molecule is C=CCc1cc(C(=O)N(C)Cc2ccc3nsnc3c2)ccc1OC. The Kier molecular flexibility index (Phi) is 5.09. The zero-order chi connectivity index (χ0) is 17.8. The van der Waals surface area contributed by atoms with Gasteiger partial charge in [0, 0.05) is 19.2 Å².